The van der Waals surface area contributed by atoms with E-state index in [-0.39, 0.29) is 24.3 Å². The molecule has 1 amide bonds. The number of carbonyl (C=O) groups is 1. The molecule has 0 spiro atoms. The van der Waals surface area contributed by atoms with Crippen molar-refractivity contribution in [2.45, 2.75) is 32.9 Å². The summed E-state index contributed by atoms with van der Waals surface area (Å²) in [5.74, 6) is -0.379. The van der Waals surface area contributed by atoms with Crippen molar-refractivity contribution in [3.8, 4) is 0 Å². The van der Waals surface area contributed by atoms with Gasteiger partial charge in [-0.05, 0) is 38.5 Å². The van der Waals surface area contributed by atoms with Crippen LogP contribution < -0.4 is 5.32 Å². The summed E-state index contributed by atoms with van der Waals surface area (Å²) < 4.78 is 13.1. The first kappa shape index (κ1) is 16.6. The van der Waals surface area contributed by atoms with Gasteiger partial charge in [-0.1, -0.05) is 12.1 Å². The maximum absolute atomic E-state index is 13.1. The lowest BCUT2D eigenvalue weighted by molar-refractivity contribution is -0.132. The van der Waals surface area contributed by atoms with Gasteiger partial charge in [0.1, 0.15) is 5.82 Å². The molecule has 0 heterocycles. The molecule has 0 radical (unpaired) electrons. The van der Waals surface area contributed by atoms with Crippen LogP contribution in [0.15, 0.2) is 24.3 Å². The van der Waals surface area contributed by atoms with E-state index in [1.54, 1.807) is 24.0 Å². The van der Waals surface area contributed by atoms with Crippen molar-refractivity contribution in [3.05, 3.63) is 35.6 Å². The quantitative estimate of drug-likeness (QED) is 0.800. The second kappa shape index (κ2) is 7.97. The molecule has 0 aliphatic heterocycles. The molecular weight excluding hydrogens is 259 g/mol. The molecule has 2 unspecified atom stereocenters. The van der Waals surface area contributed by atoms with Crippen molar-refractivity contribution >= 4 is 5.91 Å². The number of rotatable bonds is 7. The average Bonchev–Trinajstić information content (AvgIpc) is 2.45. The van der Waals surface area contributed by atoms with Crippen LogP contribution in [0.25, 0.3) is 0 Å². The van der Waals surface area contributed by atoms with Gasteiger partial charge in [0.2, 0.25) is 5.91 Å². The van der Waals surface area contributed by atoms with Gasteiger partial charge in [0.15, 0.2) is 0 Å². The Morgan fingerprint density at radius 1 is 1.40 bits per heavy atom. The third kappa shape index (κ3) is 4.58. The number of aliphatic hydroxyl groups excluding tert-OH is 1. The van der Waals surface area contributed by atoms with E-state index in [9.17, 15) is 14.3 Å². The monoisotopic (exact) mass is 282 g/mol. The second-order valence-corrected chi connectivity index (χ2v) is 4.71. The van der Waals surface area contributed by atoms with E-state index >= 15 is 0 Å². The lowest BCUT2D eigenvalue weighted by Crippen LogP contribution is -2.45. The summed E-state index contributed by atoms with van der Waals surface area (Å²) in [6, 6.07) is 5.46. The Kier molecular flexibility index (Phi) is 6.61. The second-order valence-electron chi connectivity index (χ2n) is 4.71. The van der Waals surface area contributed by atoms with Gasteiger partial charge in [-0.2, -0.15) is 0 Å². The number of aliphatic hydroxyl groups is 1. The molecule has 0 saturated heterocycles. The largest absolute Gasteiger partial charge is 0.387 e. The normalized spacial score (nSPS) is 13.8. The molecule has 0 aliphatic carbocycles. The third-order valence-electron chi connectivity index (χ3n) is 3.30. The minimum Gasteiger partial charge on any atom is -0.387 e. The van der Waals surface area contributed by atoms with E-state index in [0.29, 0.717) is 18.7 Å². The molecule has 20 heavy (non-hydrogen) atoms. The van der Waals surface area contributed by atoms with E-state index in [1.807, 2.05) is 13.8 Å². The van der Waals surface area contributed by atoms with Crippen LogP contribution in [0.3, 0.4) is 0 Å². The molecule has 2 N–H and O–H groups in total. The summed E-state index contributed by atoms with van der Waals surface area (Å²) in [6.45, 7) is 7.14. The van der Waals surface area contributed by atoms with Gasteiger partial charge < -0.3 is 15.3 Å². The molecule has 1 aromatic rings. The summed E-state index contributed by atoms with van der Waals surface area (Å²) in [5.41, 5.74) is 0.500. The van der Waals surface area contributed by atoms with Crippen LogP contribution in [0.5, 0.6) is 0 Å². The highest BCUT2D eigenvalue weighted by Gasteiger charge is 2.19. The van der Waals surface area contributed by atoms with Gasteiger partial charge >= 0.3 is 0 Å². The maximum Gasteiger partial charge on any atom is 0.239 e. The topological polar surface area (TPSA) is 52.6 Å². The molecule has 5 heteroatoms. The molecule has 112 valence electrons. The van der Waals surface area contributed by atoms with E-state index < -0.39 is 6.10 Å². The smallest absolute Gasteiger partial charge is 0.239 e. The maximum atomic E-state index is 13.1. The summed E-state index contributed by atoms with van der Waals surface area (Å²) >= 11 is 0. The summed E-state index contributed by atoms with van der Waals surface area (Å²) in [7, 11) is 0. The van der Waals surface area contributed by atoms with Crippen LogP contribution in [-0.2, 0) is 4.79 Å². The minimum atomic E-state index is -0.836. The highest BCUT2D eigenvalue weighted by molar-refractivity contribution is 5.81. The Bertz CT molecular complexity index is 436. The van der Waals surface area contributed by atoms with Gasteiger partial charge in [0.05, 0.1) is 12.1 Å². The molecule has 4 nitrogen and oxygen atoms in total. The number of hydrogen-bond acceptors (Lipinski definition) is 3. The first-order valence-electron chi connectivity index (χ1n) is 6.95. The summed E-state index contributed by atoms with van der Waals surface area (Å²) in [6.07, 6.45) is -0.836. The number of nitrogens with zero attached hydrogens (tertiary/aromatic N) is 1. The molecular formula is C15H23FN2O2. The van der Waals surface area contributed by atoms with Crippen molar-refractivity contribution in [2.24, 2.45) is 0 Å². The van der Waals surface area contributed by atoms with Crippen molar-refractivity contribution < 1.29 is 14.3 Å². The zero-order valence-electron chi connectivity index (χ0n) is 12.3. The Morgan fingerprint density at radius 3 is 2.60 bits per heavy atom. The molecule has 0 saturated carbocycles. The van der Waals surface area contributed by atoms with Crippen LogP contribution >= 0.6 is 0 Å². The van der Waals surface area contributed by atoms with Crippen molar-refractivity contribution in [1.82, 2.24) is 10.2 Å². The van der Waals surface area contributed by atoms with Gasteiger partial charge in [-0.3, -0.25) is 4.79 Å². The van der Waals surface area contributed by atoms with Crippen LogP contribution in [0, 0.1) is 5.82 Å². The van der Waals surface area contributed by atoms with E-state index in [1.165, 1.54) is 12.1 Å². The SMILES string of the molecule is CCN(CC)C(=O)C(C)NCC(O)c1cccc(F)c1. The number of halogens is 1. The fraction of sp³-hybridized carbons (Fsp3) is 0.533. The number of hydrogen-bond donors (Lipinski definition) is 2. The summed E-state index contributed by atoms with van der Waals surface area (Å²) in [4.78, 5) is 13.8. The van der Waals surface area contributed by atoms with E-state index in [2.05, 4.69) is 5.32 Å². The lowest BCUT2D eigenvalue weighted by Gasteiger charge is -2.24. The predicted octanol–water partition coefficient (Wildman–Crippen LogP) is 1.71. The molecule has 0 fully saturated rings. The summed E-state index contributed by atoms with van der Waals surface area (Å²) in [5, 5.41) is 13.0. The van der Waals surface area contributed by atoms with Gasteiger partial charge in [-0.15, -0.1) is 0 Å². The lowest BCUT2D eigenvalue weighted by atomic mass is 10.1. The fourth-order valence-corrected chi connectivity index (χ4v) is 2.02. The minimum absolute atomic E-state index is 0.00134. The average molecular weight is 282 g/mol. The van der Waals surface area contributed by atoms with Crippen molar-refractivity contribution in [1.29, 1.82) is 0 Å². The standard InChI is InChI=1S/C15H23FN2O2/c1-4-18(5-2)15(20)11(3)17-10-14(19)12-7-6-8-13(16)9-12/h6-9,11,14,17,19H,4-5,10H2,1-3H3. The Labute approximate surface area is 119 Å². The highest BCUT2D eigenvalue weighted by Crippen LogP contribution is 2.13. The molecule has 1 rings (SSSR count). The Hall–Kier alpha value is -1.46. The zero-order valence-corrected chi connectivity index (χ0v) is 12.3. The van der Waals surface area contributed by atoms with E-state index in [4.69, 9.17) is 0 Å². The third-order valence-corrected chi connectivity index (χ3v) is 3.30. The predicted molar refractivity (Wildman–Crippen MR) is 76.8 cm³/mol. The number of benzene rings is 1. The number of likely N-dealkylation sites (N-methyl/N-ethyl adjacent to an activating group) is 1. The van der Waals surface area contributed by atoms with Crippen molar-refractivity contribution in [2.75, 3.05) is 19.6 Å². The Balaban J connectivity index is 2.52. The van der Waals surface area contributed by atoms with Crippen molar-refractivity contribution in [3.63, 3.8) is 0 Å². The fourth-order valence-electron chi connectivity index (χ4n) is 2.02. The molecule has 0 bridgehead atoms. The van der Waals surface area contributed by atoms with E-state index in [0.717, 1.165) is 0 Å². The van der Waals surface area contributed by atoms with Gasteiger partial charge in [0, 0.05) is 19.6 Å². The Morgan fingerprint density at radius 2 is 2.05 bits per heavy atom. The van der Waals surface area contributed by atoms with Crippen LogP contribution in [0.1, 0.15) is 32.4 Å². The molecule has 0 aliphatic rings. The first-order valence-corrected chi connectivity index (χ1v) is 6.95. The number of carbonyl (C=O) groups excluding carboxylic acids is 1. The van der Waals surface area contributed by atoms with Crippen LogP contribution in [-0.4, -0.2) is 41.6 Å². The zero-order chi connectivity index (χ0) is 15.1. The number of amides is 1. The first-order chi connectivity index (χ1) is 9.49. The molecule has 1 aromatic carbocycles. The van der Waals surface area contributed by atoms with Gasteiger partial charge in [-0.25, -0.2) is 4.39 Å². The molecule has 2 atom stereocenters. The highest BCUT2D eigenvalue weighted by atomic mass is 19.1. The molecule has 0 aromatic heterocycles. The number of nitrogens with one attached hydrogen (secondary N) is 1. The van der Waals surface area contributed by atoms with Crippen LogP contribution in [0.2, 0.25) is 0 Å². The van der Waals surface area contributed by atoms with Gasteiger partial charge in [0.25, 0.3) is 0 Å². The van der Waals surface area contributed by atoms with Crippen LogP contribution in [0.4, 0.5) is 4.39 Å².